The molecule has 0 spiro atoms. The number of carbonyl (C=O) groups excluding carboxylic acids is 1. The van der Waals surface area contributed by atoms with Crippen LogP contribution in [0.5, 0.6) is 5.75 Å². The molecule has 0 heterocycles. The molecule has 1 aliphatic rings. The van der Waals surface area contributed by atoms with Gasteiger partial charge in [0.25, 0.3) is 5.91 Å². The van der Waals surface area contributed by atoms with Gasteiger partial charge in [-0.05, 0) is 30.4 Å². The summed E-state index contributed by atoms with van der Waals surface area (Å²) in [5.74, 6) is 1.18. The largest absolute Gasteiger partial charge is 0.494 e. The summed E-state index contributed by atoms with van der Waals surface area (Å²) in [5.41, 5.74) is 0.317. The molecule has 0 aromatic heterocycles. The molecular formula is C16H21Cl2NO2. The highest BCUT2D eigenvalue weighted by atomic mass is 35.5. The maximum absolute atomic E-state index is 12.6. The predicted molar refractivity (Wildman–Crippen MR) is 86.4 cm³/mol. The number of hydrogen-bond acceptors (Lipinski definition) is 2. The fraction of sp³-hybridized carbons (Fsp3) is 0.562. The van der Waals surface area contributed by atoms with Crippen molar-refractivity contribution in [3.63, 3.8) is 0 Å². The van der Waals surface area contributed by atoms with Crippen LogP contribution in [0.15, 0.2) is 12.1 Å². The third kappa shape index (κ3) is 3.46. The smallest absolute Gasteiger partial charge is 0.256 e. The summed E-state index contributed by atoms with van der Waals surface area (Å²) >= 11 is 12.2. The molecule has 116 valence electrons. The van der Waals surface area contributed by atoms with E-state index in [0.29, 0.717) is 33.2 Å². The SMILES string of the molecule is COc1c(Cl)ccc(Cl)c1C(=O)NC1CCCC(C)C1C. The number of halogens is 2. The first-order valence-electron chi connectivity index (χ1n) is 7.28. The van der Waals surface area contributed by atoms with Gasteiger partial charge in [-0.1, -0.05) is 49.9 Å². The summed E-state index contributed by atoms with van der Waals surface area (Å²) in [6.45, 7) is 4.42. The van der Waals surface area contributed by atoms with Crippen molar-refractivity contribution < 1.29 is 9.53 Å². The van der Waals surface area contributed by atoms with E-state index in [0.717, 1.165) is 12.8 Å². The van der Waals surface area contributed by atoms with E-state index in [1.807, 2.05) is 0 Å². The lowest BCUT2D eigenvalue weighted by atomic mass is 9.78. The average Bonchev–Trinajstić information content (AvgIpc) is 2.45. The highest BCUT2D eigenvalue weighted by molar-refractivity contribution is 6.37. The van der Waals surface area contributed by atoms with Crippen LogP contribution in [0.25, 0.3) is 0 Å². The molecule has 1 fully saturated rings. The molecule has 21 heavy (non-hydrogen) atoms. The van der Waals surface area contributed by atoms with Crippen LogP contribution >= 0.6 is 23.2 Å². The van der Waals surface area contributed by atoms with Crippen molar-refractivity contribution in [3.05, 3.63) is 27.7 Å². The molecule has 0 bridgehead atoms. The van der Waals surface area contributed by atoms with Crippen molar-refractivity contribution in [1.82, 2.24) is 5.32 Å². The lowest BCUT2D eigenvalue weighted by Crippen LogP contribution is -2.43. The minimum atomic E-state index is -0.217. The molecule has 1 aromatic rings. The zero-order valence-corrected chi connectivity index (χ0v) is 14.1. The summed E-state index contributed by atoms with van der Waals surface area (Å²) in [6.07, 6.45) is 3.35. The summed E-state index contributed by atoms with van der Waals surface area (Å²) in [7, 11) is 1.49. The highest BCUT2D eigenvalue weighted by Gasteiger charge is 2.30. The van der Waals surface area contributed by atoms with Gasteiger partial charge in [0.05, 0.1) is 17.2 Å². The molecule has 1 amide bonds. The molecule has 0 radical (unpaired) electrons. The lowest BCUT2D eigenvalue weighted by molar-refractivity contribution is 0.0888. The zero-order valence-electron chi connectivity index (χ0n) is 12.6. The summed E-state index contributed by atoms with van der Waals surface area (Å²) < 4.78 is 5.24. The normalized spacial score (nSPS) is 25.5. The number of carbonyl (C=O) groups is 1. The number of ether oxygens (including phenoxy) is 1. The molecular weight excluding hydrogens is 309 g/mol. The van der Waals surface area contributed by atoms with Crippen LogP contribution in [-0.2, 0) is 0 Å². The monoisotopic (exact) mass is 329 g/mol. The van der Waals surface area contributed by atoms with Crippen molar-refractivity contribution in [2.75, 3.05) is 7.11 Å². The van der Waals surface area contributed by atoms with Crippen LogP contribution in [0.1, 0.15) is 43.5 Å². The Labute approximate surface area is 136 Å². The number of rotatable bonds is 3. The third-order valence-electron chi connectivity index (χ3n) is 4.51. The number of hydrogen-bond donors (Lipinski definition) is 1. The highest BCUT2D eigenvalue weighted by Crippen LogP contribution is 2.35. The van der Waals surface area contributed by atoms with E-state index in [9.17, 15) is 4.79 Å². The van der Waals surface area contributed by atoms with E-state index in [2.05, 4.69) is 19.2 Å². The van der Waals surface area contributed by atoms with Gasteiger partial charge in [0.15, 0.2) is 5.75 Å². The van der Waals surface area contributed by atoms with E-state index in [1.54, 1.807) is 12.1 Å². The second-order valence-corrected chi connectivity index (χ2v) is 6.60. The van der Waals surface area contributed by atoms with Crippen LogP contribution in [0.4, 0.5) is 0 Å². The lowest BCUT2D eigenvalue weighted by Gasteiger charge is -2.34. The van der Waals surface area contributed by atoms with Crippen molar-refractivity contribution >= 4 is 29.1 Å². The standard InChI is InChI=1S/C16H21Cl2NO2/c1-9-5-4-6-13(10(9)2)19-16(20)14-11(17)7-8-12(18)15(14)21-3/h7-10,13H,4-6H2,1-3H3,(H,19,20). The molecule has 1 N–H and O–H groups in total. The first-order chi connectivity index (χ1) is 9.95. The fourth-order valence-corrected chi connectivity index (χ4v) is 3.44. The number of benzene rings is 1. The van der Waals surface area contributed by atoms with Gasteiger partial charge in [0, 0.05) is 6.04 Å². The molecule has 1 aliphatic carbocycles. The van der Waals surface area contributed by atoms with Gasteiger partial charge in [0.1, 0.15) is 5.56 Å². The number of nitrogens with one attached hydrogen (secondary N) is 1. The topological polar surface area (TPSA) is 38.3 Å². The Hall–Kier alpha value is -0.930. The molecule has 0 saturated heterocycles. The van der Waals surface area contributed by atoms with Gasteiger partial charge < -0.3 is 10.1 Å². The first kappa shape index (κ1) is 16.4. The van der Waals surface area contributed by atoms with Gasteiger partial charge in [0.2, 0.25) is 0 Å². The Morgan fingerprint density at radius 1 is 1.24 bits per heavy atom. The van der Waals surface area contributed by atoms with Crippen molar-refractivity contribution in [2.45, 2.75) is 39.2 Å². The van der Waals surface area contributed by atoms with Gasteiger partial charge in [-0.15, -0.1) is 0 Å². The zero-order chi connectivity index (χ0) is 15.6. The number of amides is 1. The Morgan fingerprint density at radius 2 is 1.90 bits per heavy atom. The molecule has 0 aliphatic heterocycles. The van der Waals surface area contributed by atoms with Crippen LogP contribution in [0.3, 0.4) is 0 Å². The molecule has 3 nitrogen and oxygen atoms in total. The van der Waals surface area contributed by atoms with E-state index in [1.165, 1.54) is 13.5 Å². The first-order valence-corrected chi connectivity index (χ1v) is 8.04. The fourth-order valence-electron chi connectivity index (χ4n) is 2.97. The van der Waals surface area contributed by atoms with Crippen LogP contribution < -0.4 is 10.1 Å². The minimum Gasteiger partial charge on any atom is -0.494 e. The van der Waals surface area contributed by atoms with Gasteiger partial charge in [-0.2, -0.15) is 0 Å². The Balaban J connectivity index is 2.23. The molecule has 1 saturated carbocycles. The van der Waals surface area contributed by atoms with Gasteiger partial charge in [-0.25, -0.2) is 0 Å². The molecule has 5 heteroatoms. The Morgan fingerprint density at radius 3 is 2.57 bits per heavy atom. The van der Waals surface area contributed by atoms with E-state index < -0.39 is 0 Å². The second-order valence-electron chi connectivity index (χ2n) is 5.78. The van der Waals surface area contributed by atoms with Gasteiger partial charge in [-0.3, -0.25) is 4.79 Å². The van der Waals surface area contributed by atoms with Crippen LogP contribution in [-0.4, -0.2) is 19.1 Å². The van der Waals surface area contributed by atoms with Crippen molar-refractivity contribution in [3.8, 4) is 5.75 Å². The maximum Gasteiger partial charge on any atom is 0.256 e. The minimum absolute atomic E-state index is 0.168. The Bertz CT molecular complexity index is 533. The summed E-state index contributed by atoms with van der Waals surface area (Å²) in [5, 5.41) is 3.83. The van der Waals surface area contributed by atoms with Crippen molar-refractivity contribution in [2.24, 2.45) is 11.8 Å². The quantitative estimate of drug-likeness (QED) is 0.882. The van der Waals surface area contributed by atoms with E-state index in [-0.39, 0.29) is 11.9 Å². The van der Waals surface area contributed by atoms with Crippen LogP contribution in [0.2, 0.25) is 10.0 Å². The van der Waals surface area contributed by atoms with Gasteiger partial charge >= 0.3 is 0 Å². The second kappa shape index (κ2) is 6.89. The van der Waals surface area contributed by atoms with Crippen LogP contribution in [0, 0.1) is 11.8 Å². The molecule has 3 atom stereocenters. The van der Waals surface area contributed by atoms with E-state index in [4.69, 9.17) is 27.9 Å². The number of methoxy groups -OCH3 is 1. The average molecular weight is 330 g/mol. The predicted octanol–water partition coefficient (Wildman–Crippen LogP) is 4.56. The summed E-state index contributed by atoms with van der Waals surface area (Å²) in [6, 6.07) is 3.42. The molecule has 1 aromatic carbocycles. The van der Waals surface area contributed by atoms with E-state index >= 15 is 0 Å². The van der Waals surface area contributed by atoms with Crippen molar-refractivity contribution in [1.29, 1.82) is 0 Å². The summed E-state index contributed by atoms with van der Waals surface area (Å²) in [4.78, 5) is 12.6. The molecule has 3 unspecified atom stereocenters. The third-order valence-corrected chi connectivity index (χ3v) is 5.13. The Kier molecular flexibility index (Phi) is 5.39. The molecule has 2 rings (SSSR count). The maximum atomic E-state index is 12.6.